The Bertz CT molecular complexity index is 1070. The highest BCUT2D eigenvalue weighted by Crippen LogP contribution is 2.26. The molecule has 0 radical (unpaired) electrons. The second-order valence-electron chi connectivity index (χ2n) is 7.26. The van der Waals surface area contributed by atoms with Gasteiger partial charge in [0.05, 0.1) is 10.2 Å². The molecule has 0 amide bonds. The quantitative estimate of drug-likeness (QED) is 0.191. The van der Waals surface area contributed by atoms with Crippen molar-refractivity contribution in [1.82, 2.24) is 24.8 Å². The molecule has 0 spiro atoms. The fourth-order valence-electron chi connectivity index (χ4n) is 2.79. The van der Waals surface area contributed by atoms with Crippen LogP contribution in [-0.2, 0) is 10.2 Å². The van der Waals surface area contributed by atoms with Gasteiger partial charge in [-0.3, -0.25) is 10.7 Å². The van der Waals surface area contributed by atoms with E-state index in [-0.39, 0.29) is 47.5 Å². The highest BCUT2D eigenvalue weighted by atomic mass is 79.9. The van der Waals surface area contributed by atoms with Crippen LogP contribution in [0.25, 0.3) is 0 Å². The van der Waals surface area contributed by atoms with Crippen LogP contribution in [0.3, 0.4) is 0 Å². The van der Waals surface area contributed by atoms with E-state index in [1.165, 1.54) is 18.2 Å². The molecule has 12 nitrogen and oxygen atoms in total. The Morgan fingerprint density at radius 1 is 1.42 bits per heavy atom. The summed E-state index contributed by atoms with van der Waals surface area (Å²) in [6.07, 6.45) is 0. The number of hydrogen-bond donors (Lipinski definition) is 5. The van der Waals surface area contributed by atoms with E-state index in [0.29, 0.717) is 5.69 Å². The predicted octanol–water partition coefficient (Wildman–Crippen LogP) is 0.730. The van der Waals surface area contributed by atoms with Crippen LogP contribution in [-0.4, -0.2) is 70.5 Å². The van der Waals surface area contributed by atoms with Crippen molar-refractivity contribution in [3.63, 3.8) is 0 Å². The van der Waals surface area contributed by atoms with Gasteiger partial charge in [0.25, 0.3) is 10.2 Å². The van der Waals surface area contributed by atoms with E-state index in [4.69, 9.17) is 0 Å². The lowest BCUT2D eigenvalue weighted by molar-refractivity contribution is -0.0480. The van der Waals surface area contributed by atoms with Crippen molar-refractivity contribution in [2.75, 3.05) is 25.0 Å². The van der Waals surface area contributed by atoms with Crippen LogP contribution in [0.4, 0.5) is 15.9 Å². The Hall–Kier alpha value is -2.17. The van der Waals surface area contributed by atoms with E-state index in [2.05, 4.69) is 45.9 Å². The lowest BCUT2D eigenvalue weighted by Crippen LogP contribution is -2.68. The normalized spacial score (nSPS) is 16.9. The van der Waals surface area contributed by atoms with Gasteiger partial charge in [-0.1, -0.05) is 0 Å². The summed E-state index contributed by atoms with van der Waals surface area (Å²) in [4.78, 5) is 4.13. The van der Waals surface area contributed by atoms with Gasteiger partial charge >= 0.3 is 0 Å². The first-order valence-corrected chi connectivity index (χ1v) is 11.3. The van der Waals surface area contributed by atoms with Crippen molar-refractivity contribution in [2.45, 2.75) is 25.5 Å². The molecular formula is C16H21BrFN7O5S. The molecule has 1 aliphatic rings. The van der Waals surface area contributed by atoms with Crippen molar-refractivity contribution in [2.24, 2.45) is 4.99 Å². The number of halogens is 2. The summed E-state index contributed by atoms with van der Waals surface area (Å²) in [5.41, 5.74) is 0.836. The number of nitrogens with zero attached hydrogens (tertiary/aromatic N) is 4. The fourth-order valence-corrected chi connectivity index (χ4v) is 4.72. The molecule has 0 aliphatic carbocycles. The summed E-state index contributed by atoms with van der Waals surface area (Å²) < 4.78 is 46.0. The molecule has 0 unspecified atom stereocenters. The highest BCUT2D eigenvalue weighted by Gasteiger charge is 2.47. The number of aliphatic imine (C=N–C) groups is 1. The Morgan fingerprint density at radius 3 is 2.74 bits per heavy atom. The zero-order valence-corrected chi connectivity index (χ0v) is 18.9. The topological polar surface area (TPSA) is 165 Å². The summed E-state index contributed by atoms with van der Waals surface area (Å²) in [5.74, 6) is -0.568. The van der Waals surface area contributed by atoms with Gasteiger partial charge in [-0.25, -0.2) is 14.0 Å². The van der Waals surface area contributed by atoms with E-state index in [0.717, 1.165) is 4.31 Å². The Balaban J connectivity index is 1.68. The standard InChI is InChI=1S/C16H21BrFN7O5S/c1-9(2)24-31(28,29)25-7-16(26,8-25)6-19-14-13(22-30-23-14)15(21-27)20-10-3-4-12(18)11(17)5-10/h3-5,9,24,26-27H,6-8H2,1-2H3,(H,19,23)(H,20,21). The number of aliphatic hydroxyl groups is 1. The molecule has 3 rings (SSSR count). The fraction of sp³-hybridized carbons (Fsp3) is 0.438. The predicted molar refractivity (Wildman–Crippen MR) is 112 cm³/mol. The van der Waals surface area contributed by atoms with Crippen molar-refractivity contribution < 1.29 is 27.8 Å². The number of amidine groups is 1. The van der Waals surface area contributed by atoms with E-state index >= 15 is 0 Å². The third-order valence-corrected chi connectivity index (χ3v) is 6.53. The van der Waals surface area contributed by atoms with Gasteiger partial charge in [0.15, 0.2) is 11.5 Å². The van der Waals surface area contributed by atoms with Crippen LogP contribution < -0.4 is 15.5 Å². The summed E-state index contributed by atoms with van der Waals surface area (Å²) in [6.45, 7) is 3.09. The maximum Gasteiger partial charge on any atom is 0.279 e. The third-order valence-electron chi connectivity index (χ3n) is 4.21. The average Bonchev–Trinajstić information content (AvgIpc) is 3.12. The van der Waals surface area contributed by atoms with Crippen LogP contribution in [0, 0.1) is 5.82 Å². The van der Waals surface area contributed by atoms with Crippen LogP contribution in [0.2, 0.25) is 0 Å². The van der Waals surface area contributed by atoms with Gasteiger partial charge in [0.2, 0.25) is 5.82 Å². The molecule has 1 saturated heterocycles. The molecule has 2 aromatic rings. The SMILES string of the molecule is CC(C)NS(=O)(=O)N1CC(O)(CNc2nonc2C(=Nc2ccc(F)c(Br)c2)NO)C1. The second-order valence-corrected chi connectivity index (χ2v) is 9.81. The summed E-state index contributed by atoms with van der Waals surface area (Å²) in [6, 6.07) is 3.70. The van der Waals surface area contributed by atoms with Crippen molar-refractivity contribution in [3.8, 4) is 0 Å². The molecule has 1 aromatic heterocycles. The molecule has 170 valence electrons. The van der Waals surface area contributed by atoms with E-state index < -0.39 is 21.6 Å². The average molecular weight is 522 g/mol. The molecule has 15 heteroatoms. The molecule has 0 bridgehead atoms. The van der Waals surface area contributed by atoms with E-state index in [9.17, 15) is 23.1 Å². The minimum absolute atomic E-state index is 0.00294. The second kappa shape index (κ2) is 9.13. The summed E-state index contributed by atoms with van der Waals surface area (Å²) in [5, 5.41) is 30.2. The first-order chi connectivity index (χ1) is 14.5. The first-order valence-electron chi connectivity index (χ1n) is 9.03. The third kappa shape index (κ3) is 5.55. The molecular weight excluding hydrogens is 501 g/mol. The van der Waals surface area contributed by atoms with Gasteiger partial charge in [-0.15, -0.1) is 0 Å². The zero-order valence-electron chi connectivity index (χ0n) is 16.5. The summed E-state index contributed by atoms with van der Waals surface area (Å²) >= 11 is 3.05. The van der Waals surface area contributed by atoms with Gasteiger partial charge in [-0.2, -0.15) is 17.4 Å². The van der Waals surface area contributed by atoms with Crippen LogP contribution >= 0.6 is 15.9 Å². The molecule has 1 aromatic carbocycles. The number of rotatable bonds is 8. The van der Waals surface area contributed by atoms with Crippen molar-refractivity contribution in [3.05, 3.63) is 34.2 Å². The molecule has 1 aliphatic heterocycles. The van der Waals surface area contributed by atoms with Gasteiger partial charge in [0.1, 0.15) is 11.4 Å². The Kier molecular flexibility index (Phi) is 6.92. The Labute approximate surface area is 185 Å². The molecule has 5 N–H and O–H groups in total. The van der Waals surface area contributed by atoms with Gasteiger partial charge < -0.3 is 10.4 Å². The van der Waals surface area contributed by atoms with Crippen LogP contribution in [0.5, 0.6) is 0 Å². The number of anilines is 1. The van der Waals surface area contributed by atoms with E-state index in [1.54, 1.807) is 13.8 Å². The number of β-amino-alcohol motifs (C(OH)–C–C–N with tert-alkyl or cyclic N) is 1. The number of nitrogens with one attached hydrogen (secondary N) is 3. The maximum atomic E-state index is 13.4. The highest BCUT2D eigenvalue weighted by molar-refractivity contribution is 9.10. The molecule has 0 atom stereocenters. The molecule has 1 fully saturated rings. The zero-order chi connectivity index (χ0) is 22.8. The minimum atomic E-state index is -3.68. The maximum absolute atomic E-state index is 13.4. The number of hydrogen-bond acceptors (Lipinski definition) is 9. The number of benzene rings is 1. The van der Waals surface area contributed by atoms with Crippen LogP contribution in [0.1, 0.15) is 19.5 Å². The van der Waals surface area contributed by atoms with Crippen LogP contribution in [0.15, 0.2) is 32.3 Å². The van der Waals surface area contributed by atoms with Crippen molar-refractivity contribution in [1.29, 1.82) is 0 Å². The lowest BCUT2D eigenvalue weighted by Gasteiger charge is -2.45. The minimum Gasteiger partial charge on any atom is -0.385 e. The number of hydroxylamine groups is 1. The molecule has 2 heterocycles. The molecule has 31 heavy (non-hydrogen) atoms. The summed E-state index contributed by atoms with van der Waals surface area (Å²) in [7, 11) is -3.68. The monoisotopic (exact) mass is 521 g/mol. The Morgan fingerprint density at radius 2 is 2.13 bits per heavy atom. The van der Waals surface area contributed by atoms with E-state index in [1.807, 2.05) is 5.48 Å². The van der Waals surface area contributed by atoms with Crippen molar-refractivity contribution >= 4 is 43.5 Å². The largest absolute Gasteiger partial charge is 0.385 e. The smallest absolute Gasteiger partial charge is 0.279 e. The van der Waals surface area contributed by atoms with Gasteiger partial charge in [0, 0.05) is 25.7 Å². The van der Waals surface area contributed by atoms with Gasteiger partial charge in [-0.05, 0) is 58.3 Å². The number of aromatic nitrogens is 2. The first kappa shape index (κ1) is 23.5. The lowest BCUT2D eigenvalue weighted by atomic mass is 9.97. The molecule has 0 saturated carbocycles.